The molecule has 0 spiro atoms. The molecule has 0 fully saturated rings. The maximum absolute atomic E-state index is 12.7. The molecule has 7 heteroatoms. The lowest BCUT2D eigenvalue weighted by atomic mass is 9.98. The zero-order valence-corrected chi connectivity index (χ0v) is 17.2. The molecule has 0 saturated heterocycles. The number of aromatic nitrogens is 1. The first kappa shape index (κ1) is 20.8. The van der Waals surface area contributed by atoms with Gasteiger partial charge in [-0.25, -0.2) is 0 Å². The predicted octanol–water partition coefficient (Wildman–Crippen LogP) is 4.01. The molecule has 3 aromatic rings. The topological polar surface area (TPSA) is 93.6 Å². The van der Waals surface area contributed by atoms with Crippen LogP contribution in [0.25, 0.3) is 22.4 Å². The van der Waals surface area contributed by atoms with Crippen LogP contribution in [0.2, 0.25) is 0 Å². The molecule has 3 rings (SSSR count). The Morgan fingerprint density at radius 1 is 0.933 bits per heavy atom. The van der Waals surface area contributed by atoms with E-state index in [1.807, 2.05) is 37.3 Å². The lowest BCUT2D eigenvalue weighted by Gasteiger charge is -2.15. The fourth-order valence-corrected chi connectivity index (χ4v) is 3.19. The molecule has 1 heterocycles. The number of nitrogens with zero attached hydrogens (tertiary/aromatic N) is 1. The minimum Gasteiger partial charge on any atom is -0.494 e. The highest BCUT2D eigenvalue weighted by Crippen LogP contribution is 2.42. The van der Waals surface area contributed by atoms with Crippen LogP contribution in [0.5, 0.6) is 23.0 Å². The molecule has 0 aliphatic carbocycles. The number of nitriles is 1. The third-order valence-electron chi connectivity index (χ3n) is 4.60. The van der Waals surface area contributed by atoms with Gasteiger partial charge in [0.25, 0.3) is 5.56 Å². The van der Waals surface area contributed by atoms with E-state index >= 15 is 0 Å². The first-order chi connectivity index (χ1) is 14.6. The number of H-pyrrole nitrogens is 1. The van der Waals surface area contributed by atoms with E-state index in [2.05, 4.69) is 4.98 Å². The second-order valence-electron chi connectivity index (χ2n) is 6.28. The van der Waals surface area contributed by atoms with E-state index in [-0.39, 0.29) is 5.56 Å². The van der Waals surface area contributed by atoms with Gasteiger partial charge in [0.2, 0.25) is 5.75 Å². The Labute approximate surface area is 174 Å². The van der Waals surface area contributed by atoms with Crippen LogP contribution >= 0.6 is 0 Å². The number of nitrogens with one attached hydrogen (secondary N) is 1. The molecular formula is C23H22N2O5. The maximum Gasteiger partial charge on any atom is 0.266 e. The molecule has 154 valence electrons. The smallest absolute Gasteiger partial charge is 0.266 e. The first-order valence-electron chi connectivity index (χ1n) is 9.27. The number of pyridine rings is 1. The van der Waals surface area contributed by atoms with E-state index in [4.69, 9.17) is 18.9 Å². The van der Waals surface area contributed by atoms with Crippen molar-refractivity contribution in [2.24, 2.45) is 0 Å². The Kier molecular flexibility index (Phi) is 6.28. The number of benzene rings is 2. The molecule has 0 unspecified atom stereocenters. The summed E-state index contributed by atoms with van der Waals surface area (Å²) in [6.45, 7) is 2.48. The molecule has 0 atom stereocenters. The van der Waals surface area contributed by atoms with E-state index in [0.29, 0.717) is 40.7 Å². The van der Waals surface area contributed by atoms with Gasteiger partial charge in [-0.05, 0) is 60.5 Å². The normalized spacial score (nSPS) is 10.2. The Hall–Kier alpha value is -3.92. The molecule has 2 aromatic carbocycles. The van der Waals surface area contributed by atoms with Crippen LogP contribution in [0.15, 0.2) is 47.3 Å². The Morgan fingerprint density at radius 3 is 2.07 bits per heavy atom. The van der Waals surface area contributed by atoms with Gasteiger partial charge in [0.05, 0.1) is 27.9 Å². The van der Waals surface area contributed by atoms with Crippen molar-refractivity contribution in [1.82, 2.24) is 4.98 Å². The van der Waals surface area contributed by atoms with E-state index < -0.39 is 5.56 Å². The van der Waals surface area contributed by atoms with Gasteiger partial charge in [-0.2, -0.15) is 5.26 Å². The third-order valence-corrected chi connectivity index (χ3v) is 4.60. The second-order valence-corrected chi connectivity index (χ2v) is 6.28. The summed E-state index contributed by atoms with van der Waals surface area (Å²) < 4.78 is 21.6. The van der Waals surface area contributed by atoms with Crippen molar-refractivity contribution >= 4 is 0 Å². The van der Waals surface area contributed by atoms with Crippen molar-refractivity contribution in [1.29, 1.82) is 5.26 Å². The van der Waals surface area contributed by atoms with Crippen LogP contribution in [-0.4, -0.2) is 32.9 Å². The van der Waals surface area contributed by atoms with Crippen LogP contribution < -0.4 is 24.5 Å². The summed E-state index contributed by atoms with van der Waals surface area (Å²) >= 11 is 0. The van der Waals surface area contributed by atoms with Crippen LogP contribution in [0.4, 0.5) is 0 Å². The van der Waals surface area contributed by atoms with Crippen LogP contribution in [0, 0.1) is 11.3 Å². The zero-order valence-electron chi connectivity index (χ0n) is 17.2. The SMILES string of the molecule is CCOc1ccc(-c2cc(-c3cc(OC)c(OC)c(OC)c3)c(C#N)c(=O)[nH]2)cc1. The van der Waals surface area contributed by atoms with E-state index in [1.165, 1.54) is 21.3 Å². The minimum absolute atomic E-state index is 0.000963. The van der Waals surface area contributed by atoms with Crippen molar-refractivity contribution in [3.05, 3.63) is 58.4 Å². The second kappa shape index (κ2) is 9.05. The zero-order chi connectivity index (χ0) is 21.7. The largest absolute Gasteiger partial charge is 0.494 e. The van der Waals surface area contributed by atoms with Crippen molar-refractivity contribution in [2.45, 2.75) is 6.92 Å². The first-order valence-corrected chi connectivity index (χ1v) is 9.27. The standard InChI is InChI=1S/C23H22N2O5/c1-5-30-16-8-6-14(7-9-16)19-12-17(18(13-24)23(26)25-19)15-10-20(27-2)22(29-4)21(11-15)28-3/h6-12H,5H2,1-4H3,(H,25,26). The number of ether oxygens (including phenoxy) is 4. The van der Waals surface area contributed by atoms with Gasteiger partial charge >= 0.3 is 0 Å². The lowest BCUT2D eigenvalue weighted by Crippen LogP contribution is -2.12. The Bertz CT molecular complexity index is 1120. The average Bonchev–Trinajstić information content (AvgIpc) is 2.78. The fraction of sp³-hybridized carbons (Fsp3) is 0.217. The molecule has 0 radical (unpaired) electrons. The molecule has 0 saturated carbocycles. The van der Waals surface area contributed by atoms with Gasteiger partial charge in [0, 0.05) is 11.3 Å². The van der Waals surface area contributed by atoms with E-state index in [0.717, 1.165) is 11.3 Å². The van der Waals surface area contributed by atoms with Gasteiger partial charge in [-0.3, -0.25) is 4.79 Å². The highest BCUT2D eigenvalue weighted by Gasteiger charge is 2.18. The van der Waals surface area contributed by atoms with Crippen molar-refractivity contribution < 1.29 is 18.9 Å². The lowest BCUT2D eigenvalue weighted by molar-refractivity contribution is 0.324. The molecule has 0 amide bonds. The molecular weight excluding hydrogens is 384 g/mol. The molecule has 0 aliphatic heterocycles. The summed E-state index contributed by atoms with van der Waals surface area (Å²) in [4.78, 5) is 15.4. The fourth-order valence-electron chi connectivity index (χ4n) is 3.19. The van der Waals surface area contributed by atoms with Gasteiger partial charge < -0.3 is 23.9 Å². The number of methoxy groups -OCH3 is 3. The summed E-state index contributed by atoms with van der Waals surface area (Å²) in [5.74, 6) is 2.03. The summed E-state index contributed by atoms with van der Waals surface area (Å²) in [5, 5.41) is 9.60. The molecule has 0 bridgehead atoms. The summed E-state index contributed by atoms with van der Waals surface area (Å²) in [6.07, 6.45) is 0. The van der Waals surface area contributed by atoms with Gasteiger partial charge in [0.1, 0.15) is 17.4 Å². The van der Waals surface area contributed by atoms with Crippen molar-refractivity contribution in [3.8, 4) is 51.5 Å². The van der Waals surface area contributed by atoms with E-state index in [1.54, 1.807) is 18.2 Å². The minimum atomic E-state index is -0.479. The average molecular weight is 406 g/mol. The van der Waals surface area contributed by atoms with Crippen molar-refractivity contribution in [2.75, 3.05) is 27.9 Å². The van der Waals surface area contributed by atoms with E-state index in [9.17, 15) is 10.1 Å². The molecule has 0 aliphatic rings. The highest BCUT2D eigenvalue weighted by molar-refractivity contribution is 5.78. The maximum atomic E-state index is 12.7. The number of rotatable bonds is 7. The molecule has 1 aromatic heterocycles. The molecule has 7 nitrogen and oxygen atoms in total. The summed E-state index contributed by atoms with van der Waals surface area (Å²) in [5.41, 5.74) is 1.94. The number of hydrogen-bond acceptors (Lipinski definition) is 6. The number of hydrogen-bond donors (Lipinski definition) is 1. The summed E-state index contributed by atoms with van der Waals surface area (Å²) in [6, 6.07) is 14.5. The Morgan fingerprint density at radius 2 is 1.57 bits per heavy atom. The third kappa shape index (κ3) is 3.94. The quantitative estimate of drug-likeness (QED) is 0.637. The van der Waals surface area contributed by atoms with Crippen LogP contribution in [0.3, 0.4) is 0 Å². The predicted molar refractivity (Wildman–Crippen MR) is 113 cm³/mol. The van der Waals surface area contributed by atoms with Crippen molar-refractivity contribution in [3.63, 3.8) is 0 Å². The summed E-state index contributed by atoms with van der Waals surface area (Å²) in [7, 11) is 4.53. The van der Waals surface area contributed by atoms with Gasteiger partial charge in [-0.15, -0.1) is 0 Å². The highest BCUT2D eigenvalue weighted by atomic mass is 16.5. The molecule has 1 N–H and O–H groups in total. The van der Waals surface area contributed by atoms with Gasteiger partial charge in [-0.1, -0.05) is 0 Å². The van der Waals surface area contributed by atoms with Crippen LogP contribution in [0.1, 0.15) is 12.5 Å². The monoisotopic (exact) mass is 406 g/mol. The molecule has 30 heavy (non-hydrogen) atoms. The van der Waals surface area contributed by atoms with Gasteiger partial charge in [0.15, 0.2) is 11.5 Å². The Balaban J connectivity index is 2.20. The van der Waals surface area contributed by atoms with Crippen LogP contribution in [-0.2, 0) is 0 Å². The number of aromatic amines is 1.